The first-order valence-electron chi connectivity index (χ1n) is 5.97. The van der Waals surface area contributed by atoms with E-state index < -0.39 is 54.4 Å². The summed E-state index contributed by atoms with van der Waals surface area (Å²) in [5, 5.41) is 4.52. The summed E-state index contributed by atoms with van der Waals surface area (Å²) in [6, 6.07) is 2.25. The van der Waals surface area contributed by atoms with E-state index in [1.54, 1.807) is 0 Å². The highest BCUT2D eigenvalue weighted by molar-refractivity contribution is 7.46. The second kappa shape index (κ2) is 6.91. The molecule has 0 aliphatic carbocycles. The molecule has 0 fully saturated rings. The summed E-state index contributed by atoms with van der Waals surface area (Å²) in [6.45, 7) is -0.997. The normalized spacial score (nSPS) is 11.6. The maximum atomic E-state index is 13.9. The zero-order valence-corrected chi connectivity index (χ0v) is 13.1. The molecule has 1 aromatic carbocycles. The maximum absolute atomic E-state index is 13.9. The molecule has 0 bridgehead atoms. The van der Waals surface area contributed by atoms with Crippen molar-refractivity contribution < 1.29 is 36.8 Å². The van der Waals surface area contributed by atoms with Crippen LogP contribution in [0.25, 0.3) is 0 Å². The average Bonchev–Trinajstić information content (AvgIpc) is 2.74. The molecular formula is C11H8ClF3N3O5P. The average molecular weight is 386 g/mol. The van der Waals surface area contributed by atoms with Gasteiger partial charge < -0.3 is 15.1 Å². The number of carbonyl (C=O) groups is 1. The van der Waals surface area contributed by atoms with Gasteiger partial charge in [-0.15, -0.1) is 0 Å². The minimum Gasteiger partial charge on any atom is -0.318 e. The number of hydrogen-bond donors (Lipinski definition) is 3. The van der Waals surface area contributed by atoms with Gasteiger partial charge in [-0.25, -0.2) is 22.4 Å². The molecule has 0 aliphatic heterocycles. The Labute approximate surface area is 137 Å². The molecular weight excluding hydrogens is 378 g/mol. The minimum absolute atomic E-state index is 0.438. The number of rotatable bonds is 5. The first kappa shape index (κ1) is 18.4. The summed E-state index contributed by atoms with van der Waals surface area (Å²) < 4.78 is 55.4. The molecule has 1 heterocycles. The summed E-state index contributed by atoms with van der Waals surface area (Å²) in [6.07, 6.45) is 0. The van der Waals surface area contributed by atoms with Crippen molar-refractivity contribution in [2.75, 3.05) is 5.32 Å². The minimum atomic E-state index is -4.93. The highest BCUT2D eigenvalue weighted by Crippen LogP contribution is 2.36. The van der Waals surface area contributed by atoms with Gasteiger partial charge in [0, 0.05) is 6.07 Å². The van der Waals surface area contributed by atoms with Crippen molar-refractivity contribution in [3.8, 4) is 0 Å². The molecule has 0 radical (unpaired) electrons. The van der Waals surface area contributed by atoms with Crippen molar-refractivity contribution in [2.24, 2.45) is 0 Å². The number of amides is 1. The zero-order valence-electron chi connectivity index (χ0n) is 11.4. The van der Waals surface area contributed by atoms with Crippen molar-refractivity contribution in [1.29, 1.82) is 0 Å². The van der Waals surface area contributed by atoms with Crippen LogP contribution in [0.3, 0.4) is 0 Å². The Bertz CT molecular complexity index is 841. The zero-order chi connectivity index (χ0) is 18.1. The van der Waals surface area contributed by atoms with Gasteiger partial charge in [-0.05, 0) is 12.1 Å². The van der Waals surface area contributed by atoms with E-state index in [0.29, 0.717) is 10.7 Å². The number of aromatic nitrogens is 2. The molecule has 0 saturated heterocycles. The number of hydrogen-bond acceptors (Lipinski definition) is 4. The van der Waals surface area contributed by atoms with E-state index in [4.69, 9.17) is 21.4 Å². The maximum Gasteiger partial charge on any atom is 0.471 e. The molecule has 3 N–H and O–H groups in total. The van der Waals surface area contributed by atoms with E-state index in [1.165, 1.54) is 0 Å². The molecule has 13 heteroatoms. The SMILES string of the molecule is O=C(Nc1ccc(F)cc1F)c1c(F)c(Cl)nn1COP(=O)(O)O. The Morgan fingerprint density at radius 1 is 1.38 bits per heavy atom. The van der Waals surface area contributed by atoms with E-state index in [9.17, 15) is 22.5 Å². The van der Waals surface area contributed by atoms with Crippen LogP contribution in [0.1, 0.15) is 10.5 Å². The van der Waals surface area contributed by atoms with Gasteiger partial charge in [0.15, 0.2) is 23.4 Å². The molecule has 2 rings (SSSR count). The van der Waals surface area contributed by atoms with Crippen LogP contribution in [0.15, 0.2) is 18.2 Å². The van der Waals surface area contributed by atoms with Crippen LogP contribution in [-0.4, -0.2) is 25.5 Å². The molecule has 0 saturated carbocycles. The number of phosphoric acid groups is 1. The molecule has 1 aromatic heterocycles. The number of benzene rings is 1. The van der Waals surface area contributed by atoms with Crippen LogP contribution in [0, 0.1) is 17.5 Å². The van der Waals surface area contributed by atoms with Crippen LogP contribution < -0.4 is 5.32 Å². The lowest BCUT2D eigenvalue weighted by Crippen LogP contribution is -2.20. The fraction of sp³-hybridized carbons (Fsp3) is 0.0909. The number of phosphoric ester groups is 1. The van der Waals surface area contributed by atoms with E-state index in [0.717, 1.165) is 12.1 Å². The van der Waals surface area contributed by atoms with E-state index >= 15 is 0 Å². The van der Waals surface area contributed by atoms with Crippen LogP contribution in [0.2, 0.25) is 5.15 Å². The number of nitrogens with one attached hydrogen (secondary N) is 1. The molecule has 130 valence electrons. The number of anilines is 1. The van der Waals surface area contributed by atoms with Crippen LogP contribution in [-0.2, 0) is 15.8 Å². The van der Waals surface area contributed by atoms with E-state index in [-0.39, 0.29) is 0 Å². The van der Waals surface area contributed by atoms with Crippen LogP contribution in [0.4, 0.5) is 18.9 Å². The Morgan fingerprint density at radius 3 is 2.62 bits per heavy atom. The van der Waals surface area contributed by atoms with Gasteiger partial charge in [-0.2, -0.15) is 5.10 Å². The molecule has 0 atom stereocenters. The third kappa shape index (κ3) is 4.34. The Balaban J connectivity index is 2.29. The third-order valence-electron chi connectivity index (χ3n) is 2.60. The highest BCUT2D eigenvalue weighted by atomic mass is 35.5. The summed E-state index contributed by atoms with van der Waals surface area (Å²) in [5.41, 5.74) is -1.32. The predicted molar refractivity (Wildman–Crippen MR) is 74.6 cm³/mol. The predicted octanol–water partition coefficient (Wildman–Crippen LogP) is 2.27. The van der Waals surface area contributed by atoms with E-state index in [1.807, 2.05) is 5.32 Å². The van der Waals surface area contributed by atoms with Gasteiger partial charge in [0.1, 0.15) is 11.6 Å². The first-order valence-corrected chi connectivity index (χ1v) is 7.87. The topological polar surface area (TPSA) is 114 Å². The van der Waals surface area contributed by atoms with Crippen molar-refractivity contribution in [3.63, 3.8) is 0 Å². The summed E-state index contributed by atoms with van der Waals surface area (Å²) in [5.74, 6) is -4.56. The lowest BCUT2D eigenvalue weighted by Gasteiger charge is -2.10. The van der Waals surface area contributed by atoms with E-state index in [2.05, 4.69) is 9.62 Å². The lowest BCUT2D eigenvalue weighted by atomic mass is 10.3. The first-order chi connectivity index (χ1) is 11.1. The van der Waals surface area contributed by atoms with Gasteiger partial charge in [-0.1, -0.05) is 11.6 Å². The molecule has 0 unspecified atom stereocenters. The fourth-order valence-electron chi connectivity index (χ4n) is 1.62. The monoisotopic (exact) mass is 385 g/mol. The molecule has 0 spiro atoms. The van der Waals surface area contributed by atoms with Gasteiger partial charge >= 0.3 is 7.82 Å². The van der Waals surface area contributed by atoms with Gasteiger partial charge in [0.2, 0.25) is 0 Å². The third-order valence-corrected chi connectivity index (χ3v) is 3.29. The smallest absolute Gasteiger partial charge is 0.318 e. The second-order valence-electron chi connectivity index (χ2n) is 4.28. The summed E-state index contributed by atoms with van der Waals surface area (Å²) in [4.78, 5) is 29.3. The summed E-state index contributed by atoms with van der Waals surface area (Å²) >= 11 is 5.42. The molecule has 2 aromatic rings. The van der Waals surface area contributed by atoms with Gasteiger partial charge in [-0.3, -0.25) is 9.32 Å². The highest BCUT2D eigenvalue weighted by Gasteiger charge is 2.26. The van der Waals surface area contributed by atoms with Crippen molar-refractivity contribution >= 4 is 31.0 Å². The van der Waals surface area contributed by atoms with Gasteiger partial charge in [0.05, 0.1) is 5.69 Å². The summed E-state index contributed by atoms with van der Waals surface area (Å²) in [7, 11) is -4.93. The lowest BCUT2D eigenvalue weighted by molar-refractivity contribution is 0.0981. The largest absolute Gasteiger partial charge is 0.471 e. The number of halogens is 4. The molecule has 1 amide bonds. The molecule has 0 aliphatic rings. The quantitative estimate of drug-likeness (QED) is 0.680. The number of nitrogens with zero attached hydrogens (tertiary/aromatic N) is 2. The van der Waals surface area contributed by atoms with Crippen molar-refractivity contribution in [3.05, 3.63) is 46.5 Å². The molecule has 8 nitrogen and oxygen atoms in total. The molecule has 24 heavy (non-hydrogen) atoms. The van der Waals surface area contributed by atoms with Crippen LogP contribution >= 0.6 is 19.4 Å². The van der Waals surface area contributed by atoms with Gasteiger partial charge in [0.25, 0.3) is 5.91 Å². The second-order valence-corrected chi connectivity index (χ2v) is 5.88. The number of carbonyl (C=O) groups excluding carboxylic acids is 1. The Kier molecular flexibility index (Phi) is 5.31. The fourth-order valence-corrected chi connectivity index (χ4v) is 2.06. The Morgan fingerprint density at radius 2 is 2.04 bits per heavy atom. The van der Waals surface area contributed by atoms with Crippen LogP contribution in [0.5, 0.6) is 0 Å². The van der Waals surface area contributed by atoms with Crippen molar-refractivity contribution in [2.45, 2.75) is 6.73 Å². The Hall–Kier alpha value is -1.91. The van der Waals surface area contributed by atoms with Crippen molar-refractivity contribution in [1.82, 2.24) is 9.78 Å². The standard InChI is InChI=1S/C11H8ClF3N3O5P/c12-10-8(15)9(18(17-10)4-23-24(20,21)22)11(19)16-7-2-1-5(13)3-6(7)14/h1-3H,4H2,(H,16,19)(H2,20,21,22).